The molecule has 0 aromatic rings. The topological polar surface area (TPSA) is 83.8 Å². The minimum Gasteiger partial charge on any atom is -0.392 e. The molecule has 6 heteroatoms. The van der Waals surface area contributed by atoms with Gasteiger partial charge in [0.1, 0.15) is 6.61 Å². The van der Waals surface area contributed by atoms with E-state index in [2.05, 4.69) is 4.52 Å². The first kappa shape index (κ1) is 7.62. The van der Waals surface area contributed by atoms with Gasteiger partial charge in [-0.3, -0.25) is 0 Å². The summed E-state index contributed by atoms with van der Waals surface area (Å²) < 4.78 is 13.2. The molecule has 48 valence electrons. The van der Waals surface area contributed by atoms with Gasteiger partial charge in [0.25, 0.3) is 0 Å². The first-order valence-corrected chi connectivity index (χ1v) is 2.97. The van der Waals surface area contributed by atoms with E-state index in [4.69, 9.17) is 10.00 Å². The molecule has 8 heavy (non-hydrogen) atoms. The van der Waals surface area contributed by atoms with Gasteiger partial charge in [-0.05, 0) is 0 Å². The number of rotatable bonds is 2. The average molecular weight is 140 g/mol. The predicted molar refractivity (Wildman–Crippen MR) is 24.4 cm³/mol. The van der Waals surface area contributed by atoms with Crippen molar-refractivity contribution in [2.45, 2.75) is 0 Å². The Bertz CT molecular complexity index is 109. The Morgan fingerprint density at radius 2 is 2.25 bits per heavy atom. The van der Waals surface area contributed by atoms with Gasteiger partial charge in [0, 0.05) is 0 Å². The van der Waals surface area contributed by atoms with Crippen LogP contribution >= 0.6 is 8.25 Å². The highest BCUT2D eigenvalue weighted by Crippen LogP contribution is 2.13. The highest BCUT2D eigenvalue weighted by Gasteiger charge is 2.00. The summed E-state index contributed by atoms with van der Waals surface area (Å²) in [6.07, 6.45) is 0. The Balaban J connectivity index is 3.40. The van der Waals surface area contributed by atoms with E-state index in [0.29, 0.717) is 0 Å². The molecule has 0 aliphatic heterocycles. The van der Waals surface area contributed by atoms with Crippen molar-refractivity contribution in [3.8, 4) is 0 Å². The van der Waals surface area contributed by atoms with Crippen LogP contribution in [0, 0.1) is 0 Å². The minimum atomic E-state index is -3.21. The van der Waals surface area contributed by atoms with Crippen LogP contribution in [0.1, 0.15) is 0 Å². The molecule has 0 radical (unpaired) electrons. The van der Waals surface area contributed by atoms with E-state index in [-0.39, 0.29) is 0 Å². The summed E-state index contributed by atoms with van der Waals surface area (Å²) in [7, 11) is -3.21. The van der Waals surface area contributed by atoms with Crippen molar-refractivity contribution in [2.75, 3.05) is 6.61 Å². The maximum atomic E-state index is 9.82. The zero-order chi connectivity index (χ0) is 6.57. The second-order valence-corrected chi connectivity index (χ2v) is 1.63. The van der Waals surface area contributed by atoms with Gasteiger partial charge in [-0.15, -0.1) is 0 Å². The number of aliphatic hydroxyl groups is 1. The minimum absolute atomic E-state index is 0.864. The smallest absolute Gasteiger partial charge is 0.367 e. The molecule has 0 rings (SSSR count). The second kappa shape index (κ2) is 3.60. The molecule has 0 amide bonds. The first-order valence-electron chi connectivity index (χ1n) is 1.71. The molecular formula is C2H5O5P. The molecule has 1 atom stereocenters. The molecule has 0 saturated heterocycles. The third kappa shape index (κ3) is 3.80. The van der Waals surface area contributed by atoms with Crippen LogP contribution in [0.2, 0.25) is 0 Å². The third-order valence-corrected chi connectivity index (χ3v) is 0.733. The number of carbonyl (C=O) groups excluding carboxylic acids is 1. The van der Waals surface area contributed by atoms with Crippen molar-refractivity contribution in [3.05, 3.63) is 0 Å². The van der Waals surface area contributed by atoms with Crippen LogP contribution in [0.15, 0.2) is 0 Å². The van der Waals surface area contributed by atoms with Crippen LogP contribution in [0.5, 0.6) is 0 Å². The maximum Gasteiger partial charge on any atom is 0.367 e. The summed E-state index contributed by atoms with van der Waals surface area (Å²) >= 11 is 0. The molecule has 5 nitrogen and oxygen atoms in total. The molecule has 2 N–H and O–H groups in total. The first-order chi connectivity index (χ1) is 3.66. The lowest BCUT2D eigenvalue weighted by Gasteiger charge is -1.92. The number of hydrogen-bond donors (Lipinski definition) is 2. The van der Waals surface area contributed by atoms with Gasteiger partial charge in [-0.2, -0.15) is 0 Å². The summed E-state index contributed by atoms with van der Waals surface area (Å²) in [5, 5.41) is 7.88. The molecule has 0 aliphatic rings. The number of hydrogen-bond acceptors (Lipinski definition) is 4. The van der Waals surface area contributed by atoms with Crippen molar-refractivity contribution in [3.63, 3.8) is 0 Å². The molecule has 0 aliphatic carbocycles. The zero-order valence-corrected chi connectivity index (χ0v) is 4.83. The Hall–Kier alpha value is -0.380. The van der Waals surface area contributed by atoms with E-state index in [0.717, 1.165) is 0 Å². The molecule has 0 saturated carbocycles. The van der Waals surface area contributed by atoms with Crippen molar-refractivity contribution in [2.24, 2.45) is 0 Å². The third-order valence-electron chi connectivity index (χ3n) is 0.330. The van der Waals surface area contributed by atoms with Crippen molar-refractivity contribution < 1.29 is 23.9 Å². The lowest BCUT2D eigenvalue weighted by Crippen LogP contribution is -2.03. The molecule has 0 fully saturated rings. The van der Waals surface area contributed by atoms with Crippen molar-refractivity contribution >= 4 is 14.2 Å². The number of carbonyl (C=O) groups is 1. The van der Waals surface area contributed by atoms with Crippen molar-refractivity contribution in [1.82, 2.24) is 0 Å². The second-order valence-electron chi connectivity index (χ2n) is 0.898. The van der Waals surface area contributed by atoms with E-state index in [9.17, 15) is 9.36 Å². The normalized spacial score (nSPS) is 12.8. The summed E-state index contributed by atoms with van der Waals surface area (Å²) in [5.41, 5.74) is 0. The summed E-state index contributed by atoms with van der Waals surface area (Å²) in [5.74, 6) is -1.09. The molecule has 0 aromatic carbocycles. The lowest BCUT2D eigenvalue weighted by atomic mass is 10.8. The van der Waals surface area contributed by atoms with Gasteiger partial charge < -0.3 is 14.5 Å². The fourth-order valence-corrected chi connectivity index (χ4v) is 0.389. The van der Waals surface area contributed by atoms with Crippen LogP contribution in [0.4, 0.5) is 0 Å². The van der Waals surface area contributed by atoms with Crippen LogP contribution < -0.4 is 0 Å². The maximum absolute atomic E-state index is 9.82. The van der Waals surface area contributed by atoms with E-state index in [1.807, 2.05) is 0 Å². The summed E-state index contributed by atoms with van der Waals surface area (Å²) in [6, 6.07) is 0. The molecule has 0 bridgehead atoms. The molecular weight excluding hydrogens is 135 g/mol. The standard InChI is InChI=1S/C2H5O5P/c3-1-2(4)7-8(5)6/h3,8H,1H2,(H,5,6). The van der Waals surface area contributed by atoms with E-state index < -0.39 is 20.8 Å². The van der Waals surface area contributed by atoms with E-state index >= 15 is 0 Å². The highest BCUT2D eigenvalue weighted by atomic mass is 31.1. The zero-order valence-electron chi connectivity index (χ0n) is 3.83. The van der Waals surface area contributed by atoms with Gasteiger partial charge in [-0.1, -0.05) is 0 Å². The van der Waals surface area contributed by atoms with Crippen LogP contribution in [0.25, 0.3) is 0 Å². The van der Waals surface area contributed by atoms with Gasteiger partial charge in [-0.25, -0.2) is 9.36 Å². The Labute approximate surface area is 45.8 Å². The molecule has 1 unspecified atom stereocenters. The van der Waals surface area contributed by atoms with E-state index in [1.54, 1.807) is 0 Å². The predicted octanol–water partition coefficient (Wildman–Crippen LogP) is -1.10. The molecule has 0 heterocycles. The fourth-order valence-electron chi connectivity index (χ4n) is 0.130. The lowest BCUT2D eigenvalue weighted by molar-refractivity contribution is -0.137. The van der Waals surface area contributed by atoms with Gasteiger partial charge >= 0.3 is 14.2 Å². The van der Waals surface area contributed by atoms with Gasteiger partial charge in [0.15, 0.2) is 0 Å². The summed E-state index contributed by atoms with van der Waals surface area (Å²) in [4.78, 5) is 17.7. The molecule has 0 spiro atoms. The Morgan fingerprint density at radius 3 is 2.38 bits per heavy atom. The SMILES string of the molecule is O=C(CO)O[PH](=O)O. The van der Waals surface area contributed by atoms with E-state index in [1.165, 1.54) is 0 Å². The average Bonchev–Trinajstić information content (AvgIpc) is 1.65. The van der Waals surface area contributed by atoms with Gasteiger partial charge in [0.05, 0.1) is 0 Å². The summed E-state index contributed by atoms with van der Waals surface area (Å²) in [6.45, 7) is -0.864. The quantitative estimate of drug-likeness (QED) is 0.476. The molecule has 0 aromatic heterocycles. The Morgan fingerprint density at radius 1 is 1.75 bits per heavy atom. The van der Waals surface area contributed by atoms with Crippen LogP contribution in [-0.4, -0.2) is 22.6 Å². The monoisotopic (exact) mass is 140 g/mol. The van der Waals surface area contributed by atoms with Crippen LogP contribution in [0.3, 0.4) is 0 Å². The van der Waals surface area contributed by atoms with Crippen molar-refractivity contribution in [1.29, 1.82) is 0 Å². The fraction of sp³-hybridized carbons (Fsp3) is 0.500. The Kier molecular flexibility index (Phi) is 3.43. The largest absolute Gasteiger partial charge is 0.392 e. The van der Waals surface area contributed by atoms with Gasteiger partial charge in [0.2, 0.25) is 0 Å². The highest BCUT2D eigenvalue weighted by molar-refractivity contribution is 7.32. The van der Waals surface area contributed by atoms with Crippen LogP contribution in [-0.2, 0) is 13.9 Å². The number of aliphatic hydroxyl groups excluding tert-OH is 1.